The van der Waals surface area contributed by atoms with Crippen molar-refractivity contribution in [2.45, 2.75) is 20.3 Å². The molecule has 0 unspecified atom stereocenters. The fourth-order valence-corrected chi connectivity index (χ4v) is 1.60. The third kappa shape index (κ3) is 1.73. The van der Waals surface area contributed by atoms with E-state index in [2.05, 4.69) is 11.2 Å². The van der Waals surface area contributed by atoms with E-state index >= 15 is 0 Å². The van der Waals surface area contributed by atoms with Crippen LogP contribution in [0.3, 0.4) is 0 Å². The highest BCUT2D eigenvalue weighted by Gasteiger charge is 2.13. The van der Waals surface area contributed by atoms with Crippen LogP contribution in [0.1, 0.15) is 18.4 Å². The second-order valence-corrected chi connectivity index (χ2v) is 3.38. The Hall–Kier alpha value is -1.77. The molecule has 1 heterocycles. The van der Waals surface area contributed by atoms with Gasteiger partial charge in [-0.2, -0.15) is 0 Å². The molecule has 0 atom stereocenters. The topological polar surface area (TPSA) is 46.3 Å². The van der Waals surface area contributed by atoms with Gasteiger partial charge in [-0.1, -0.05) is 18.1 Å². The Balaban J connectivity index is 2.57. The number of phenolic OH excluding ortho intramolecular Hbond substituents is 1. The first-order chi connectivity index (χ1) is 7.22. The molecule has 0 aliphatic carbocycles. The second kappa shape index (κ2) is 3.77. The van der Waals surface area contributed by atoms with Crippen LogP contribution >= 0.6 is 0 Å². The van der Waals surface area contributed by atoms with Crippen molar-refractivity contribution >= 4 is 0 Å². The van der Waals surface area contributed by atoms with Gasteiger partial charge in [-0.25, -0.2) is 0 Å². The number of hydrogen-bond donors (Lipinski definition) is 1. The van der Waals surface area contributed by atoms with Crippen LogP contribution in [0, 0.1) is 13.0 Å². The van der Waals surface area contributed by atoms with Crippen LogP contribution in [0.15, 0.2) is 22.7 Å². The van der Waals surface area contributed by atoms with E-state index in [0.29, 0.717) is 0 Å². The van der Waals surface area contributed by atoms with E-state index in [4.69, 9.17) is 4.52 Å². The summed E-state index contributed by atoms with van der Waals surface area (Å²) in [6.45, 7) is 3.89. The molecular formula is C12H12NO2. The molecule has 1 radical (unpaired) electrons. The number of rotatable bonds is 2. The lowest BCUT2D eigenvalue weighted by Crippen LogP contribution is -1.84. The molecule has 0 spiro atoms. The van der Waals surface area contributed by atoms with Gasteiger partial charge in [0.25, 0.3) is 0 Å². The standard InChI is InChI=1S/C12H12NO2/c1-3-11-12(8(2)13-15-11)9-5-4-6-10(14)7-9/h4,6-7,14H,3H2,1-2H3. The summed E-state index contributed by atoms with van der Waals surface area (Å²) < 4.78 is 5.19. The lowest BCUT2D eigenvalue weighted by molar-refractivity contribution is 0.383. The highest BCUT2D eigenvalue weighted by Crippen LogP contribution is 2.29. The van der Waals surface area contributed by atoms with Crippen molar-refractivity contribution in [3.8, 4) is 16.9 Å². The van der Waals surface area contributed by atoms with Crippen LogP contribution in [-0.4, -0.2) is 10.3 Å². The SMILES string of the molecule is CCc1onc(C)c1-c1[c]ccc(O)c1. The minimum absolute atomic E-state index is 0.228. The zero-order valence-corrected chi connectivity index (χ0v) is 8.74. The summed E-state index contributed by atoms with van der Waals surface area (Å²) in [7, 11) is 0. The quantitative estimate of drug-likeness (QED) is 0.814. The van der Waals surface area contributed by atoms with Crippen LogP contribution in [0.4, 0.5) is 0 Å². The number of benzene rings is 1. The normalized spacial score (nSPS) is 10.5. The minimum atomic E-state index is 0.228. The average molecular weight is 202 g/mol. The van der Waals surface area contributed by atoms with E-state index in [9.17, 15) is 5.11 Å². The van der Waals surface area contributed by atoms with Gasteiger partial charge in [-0.3, -0.25) is 0 Å². The number of phenols is 1. The highest BCUT2D eigenvalue weighted by molar-refractivity contribution is 5.68. The van der Waals surface area contributed by atoms with Crippen molar-refractivity contribution in [2.75, 3.05) is 0 Å². The molecule has 1 aromatic carbocycles. The number of aromatic nitrogens is 1. The summed E-state index contributed by atoms with van der Waals surface area (Å²) in [4.78, 5) is 0. The molecule has 3 heteroatoms. The van der Waals surface area contributed by atoms with E-state index in [1.54, 1.807) is 18.2 Å². The predicted octanol–water partition coefficient (Wildman–Crippen LogP) is 2.72. The van der Waals surface area contributed by atoms with Crippen molar-refractivity contribution in [3.63, 3.8) is 0 Å². The molecule has 0 aliphatic heterocycles. The molecule has 0 bridgehead atoms. The summed E-state index contributed by atoms with van der Waals surface area (Å²) >= 11 is 0. The van der Waals surface area contributed by atoms with Gasteiger partial charge in [0.15, 0.2) is 0 Å². The summed E-state index contributed by atoms with van der Waals surface area (Å²) in [5.74, 6) is 1.06. The van der Waals surface area contributed by atoms with Crippen molar-refractivity contribution in [1.29, 1.82) is 0 Å². The molecule has 0 aliphatic rings. The van der Waals surface area contributed by atoms with Gasteiger partial charge in [0.1, 0.15) is 11.5 Å². The predicted molar refractivity (Wildman–Crippen MR) is 56.6 cm³/mol. The van der Waals surface area contributed by atoms with Crippen LogP contribution in [0.25, 0.3) is 11.1 Å². The Labute approximate surface area is 88.3 Å². The number of aromatic hydroxyl groups is 1. The summed E-state index contributed by atoms with van der Waals surface area (Å²) in [5.41, 5.74) is 2.59. The summed E-state index contributed by atoms with van der Waals surface area (Å²) in [6.07, 6.45) is 0.777. The lowest BCUT2D eigenvalue weighted by Gasteiger charge is -2.00. The monoisotopic (exact) mass is 202 g/mol. The number of hydrogen-bond acceptors (Lipinski definition) is 3. The summed E-state index contributed by atoms with van der Waals surface area (Å²) in [5, 5.41) is 13.3. The van der Waals surface area contributed by atoms with Crippen LogP contribution in [0.5, 0.6) is 5.75 Å². The molecule has 2 aromatic rings. The zero-order valence-electron chi connectivity index (χ0n) is 8.74. The van der Waals surface area contributed by atoms with E-state index < -0.39 is 0 Å². The Bertz CT molecular complexity index is 474. The lowest BCUT2D eigenvalue weighted by atomic mass is 10.0. The largest absolute Gasteiger partial charge is 0.508 e. The van der Waals surface area contributed by atoms with Crippen LogP contribution < -0.4 is 0 Å². The molecule has 15 heavy (non-hydrogen) atoms. The van der Waals surface area contributed by atoms with Crippen molar-refractivity contribution < 1.29 is 9.63 Å². The van der Waals surface area contributed by atoms with Crippen LogP contribution in [0.2, 0.25) is 0 Å². The molecule has 1 aromatic heterocycles. The first kappa shape index (κ1) is 9.77. The molecule has 3 nitrogen and oxygen atoms in total. The Morgan fingerprint density at radius 3 is 3.00 bits per heavy atom. The molecule has 0 amide bonds. The highest BCUT2D eigenvalue weighted by atomic mass is 16.5. The van der Waals surface area contributed by atoms with Crippen LogP contribution in [-0.2, 0) is 6.42 Å². The first-order valence-corrected chi connectivity index (χ1v) is 4.88. The fourth-order valence-electron chi connectivity index (χ4n) is 1.60. The molecule has 1 N–H and O–H groups in total. The van der Waals surface area contributed by atoms with E-state index in [1.165, 1.54) is 0 Å². The smallest absolute Gasteiger partial charge is 0.144 e. The molecule has 77 valence electrons. The Morgan fingerprint density at radius 2 is 2.33 bits per heavy atom. The van der Waals surface area contributed by atoms with Gasteiger partial charge in [-0.15, -0.1) is 0 Å². The maximum atomic E-state index is 9.40. The van der Waals surface area contributed by atoms with Crippen molar-refractivity contribution in [1.82, 2.24) is 5.16 Å². The molecule has 2 rings (SSSR count). The molecule has 0 saturated carbocycles. The number of nitrogens with zero attached hydrogens (tertiary/aromatic N) is 1. The maximum absolute atomic E-state index is 9.40. The third-order valence-electron chi connectivity index (χ3n) is 2.31. The fraction of sp³-hybridized carbons (Fsp3) is 0.250. The first-order valence-electron chi connectivity index (χ1n) is 4.88. The van der Waals surface area contributed by atoms with E-state index in [0.717, 1.165) is 29.0 Å². The minimum Gasteiger partial charge on any atom is -0.508 e. The molecule has 0 saturated heterocycles. The van der Waals surface area contributed by atoms with Gasteiger partial charge < -0.3 is 9.63 Å². The Morgan fingerprint density at radius 1 is 1.53 bits per heavy atom. The van der Waals surface area contributed by atoms with E-state index in [-0.39, 0.29) is 5.75 Å². The second-order valence-electron chi connectivity index (χ2n) is 3.38. The zero-order chi connectivity index (χ0) is 10.8. The van der Waals surface area contributed by atoms with Gasteiger partial charge in [0.2, 0.25) is 0 Å². The van der Waals surface area contributed by atoms with Gasteiger partial charge in [0.05, 0.1) is 5.69 Å². The molecule has 0 fully saturated rings. The molecular weight excluding hydrogens is 190 g/mol. The van der Waals surface area contributed by atoms with Gasteiger partial charge in [-0.05, 0) is 30.7 Å². The van der Waals surface area contributed by atoms with Gasteiger partial charge >= 0.3 is 0 Å². The van der Waals surface area contributed by atoms with Crippen molar-refractivity contribution in [2.24, 2.45) is 0 Å². The average Bonchev–Trinajstić information content (AvgIpc) is 2.59. The maximum Gasteiger partial charge on any atom is 0.144 e. The van der Waals surface area contributed by atoms with E-state index in [1.807, 2.05) is 13.8 Å². The Kier molecular flexibility index (Phi) is 2.46. The van der Waals surface area contributed by atoms with Crippen molar-refractivity contribution in [3.05, 3.63) is 35.7 Å². The third-order valence-corrected chi connectivity index (χ3v) is 2.31. The van der Waals surface area contributed by atoms with Gasteiger partial charge in [0, 0.05) is 12.0 Å². The number of aryl methyl sites for hydroxylation is 2. The summed E-state index contributed by atoms with van der Waals surface area (Å²) in [6, 6.07) is 8.02.